The zero-order chi connectivity index (χ0) is 19.6. The number of thiophene rings is 1. The average molecular weight is 403 g/mol. The molecule has 0 saturated carbocycles. The Morgan fingerprint density at radius 2 is 1.96 bits per heavy atom. The third kappa shape index (κ3) is 4.20. The van der Waals surface area contributed by atoms with Crippen LogP contribution >= 0.6 is 23.1 Å². The summed E-state index contributed by atoms with van der Waals surface area (Å²) < 4.78 is 4.63. The molecular formula is C18H17N3O4S2. The number of carbonyl (C=O) groups is 2. The number of aromatic nitrogens is 2. The van der Waals surface area contributed by atoms with E-state index in [-0.39, 0.29) is 17.2 Å². The van der Waals surface area contributed by atoms with Crippen molar-refractivity contribution in [3.05, 3.63) is 50.6 Å². The van der Waals surface area contributed by atoms with E-state index in [1.54, 1.807) is 24.3 Å². The number of nitrogens with one attached hydrogen (secondary N) is 2. The fourth-order valence-corrected chi connectivity index (χ4v) is 4.19. The van der Waals surface area contributed by atoms with Gasteiger partial charge >= 0.3 is 5.97 Å². The Hall–Kier alpha value is -2.65. The number of anilines is 1. The molecule has 2 N–H and O–H groups in total. The molecule has 0 radical (unpaired) electrons. The number of rotatable bonds is 5. The zero-order valence-corrected chi connectivity index (χ0v) is 16.5. The highest BCUT2D eigenvalue weighted by Crippen LogP contribution is 2.27. The summed E-state index contributed by atoms with van der Waals surface area (Å²) in [5, 5.41) is 3.75. The number of aryl methyl sites for hydroxylation is 2. The van der Waals surface area contributed by atoms with Crippen molar-refractivity contribution in [3.63, 3.8) is 0 Å². The number of hydrogen-bond acceptors (Lipinski definition) is 7. The van der Waals surface area contributed by atoms with Gasteiger partial charge in [0.2, 0.25) is 5.91 Å². The van der Waals surface area contributed by atoms with Crippen LogP contribution in [0, 0.1) is 13.8 Å². The van der Waals surface area contributed by atoms with E-state index in [0.29, 0.717) is 26.6 Å². The number of amides is 1. The van der Waals surface area contributed by atoms with Crippen LogP contribution in [0.15, 0.2) is 34.2 Å². The minimum atomic E-state index is -0.437. The molecule has 2 aromatic heterocycles. The predicted molar refractivity (Wildman–Crippen MR) is 107 cm³/mol. The maximum absolute atomic E-state index is 12.2. The van der Waals surface area contributed by atoms with Crippen LogP contribution in [0.4, 0.5) is 5.69 Å². The SMILES string of the molecule is COC(=O)c1ccc(NC(=O)CSc2nc3sc(C)c(C)c3c(=O)[nH]2)cc1. The summed E-state index contributed by atoms with van der Waals surface area (Å²) in [6, 6.07) is 6.39. The lowest BCUT2D eigenvalue weighted by molar-refractivity contribution is -0.113. The molecule has 0 aliphatic rings. The minimum Gasteiger partial charge on any atom is -0.465 e. The lowest BCUT2D eigenvalue weighted by atomic mass is 10.2. The van der Waals surface area contributed by atoms with Crippen molar-refractivity contribution in [2.24, 2.45) is 0 Å². The van der Waals surface area contributed by atoms with E-state index in [0.717, 1.165) is 22.2 Å². The number of hydrogen-bond donors (Lipinski definition) is 2. The summed E-state index contributed by atoms with van der Waals surface area (Å²) in [6.45, 7) is 3.85. The van der Waals surface area contributed by atoms with Gasteiger partial charge in [-0.2, -0.15) is 0 Å². The number of aromatic amines is 1. The van der Waals surface area contributed by atoms with E-state index < -0.39 is 5.97 Å². The molecule has 9 heteroatoms. The molecule has 0 aliphatic heterocycles. The molecule has 0 aliphatic carbocycles. The molecule has 0 atom stereocenters. The van der Waals surface area contributed by atoms with Gasteiger partial charge in [-0.05, 0) is 43.7 Å². The first-order valence-corrected chi connectivity index (χ1v) is 9.80. The number of benzene rings is 1. The van der Waals surface area contributed by atoms with Gasteiger partial charge in [0.05, 0.1) is 23.8 Å². The molecule has 140 valence electrons. The second-order valence-electron chi connectivity index (χ2n) is 5.74. The number of thioether (sulfide) groups is 1. The van der Waals surface area contributed by atoms with Gasteiger partial charge in [0.1, 0.15) is 4.83 Å². The Labute approximate surface area is 163 Å². The van der Waals surface area contributed by atoms with E-state index in [2.05, 4.69) is 20.0 Å². The number of nitrogens with zero attached hydrogens (tertiary/aromatic N) is 1. The molecular weight excluding hydrogens is 386 g/mol. The van der Waals surface area contributed by atoms with Crippen molar-refractivity contribution >= 4 is 50.9 Å². The number of ether oxygens (including phenoxy) is 1. The van der Waals surface area contributed by atoms with Gasteiger partial charge in [-0.1, -0.05) is 11.8 Å². The van der Waals surface area contributed by atoms with Crippen molar-refractivity contribution in [3.8, 4) is 0 Å². The van der Waals surface area contributed by atoms with Crippen LogP contribution in [0.3, 0.4) is 0 Å². The molecule has 7 nitrogen and oxygen atoms in total. The molecule has 0 unspecified atom stereocenters. The Morgan fingerprint density at radius 1 is 1.26 bits per heavy atom. The topological polar surface area (TPSA) is 101 Å². The number of carbonyl (C=O) groups excluding carboxylic acids is 2. The molecule has 0 spiro atoms. The molecule has 3 rings (SSSR count). The summed E-state index contributed by atoms with van der Waals surface area (Å²) in [4.78, 5) is 44.7. The monoisotopic (exact) mass is 403 g/mol. The predicted octanol–water partition coefficient (Wildman–Crippen LogP) is 3.12. The normalized spacial score (nSPS) is 10.8. The Balaban J connectivity index is 1.64. The second-order valence-corrected chi connectivity index (χ2v) is 7.91. The number of esters is 1. The van der Waals surface area contributed by atoms with Crippen molar-refractivity contribution in [1.82, 2.24) is 9.97 Å². The van der Waals surface area contributed by atoms with Crippen LogP contribution in [-0.4, -0.2) is 34.7 Å². The maximum Gasteiger partial charge on any atom is 0.337 e. The van der Waals surface area contributed by atoms with Crippen molar-refractivity contribution < 1.29 is 14.3 Å². The highest BCUT2D eigenvalue weighted by Gasteiger charge is 2.13. The molecule has 0 saturated heterocycles. The summed E-state index contributed by atoms with van der Waals surface area (Å²) in [7, 11) is 1.31. The van der Waals surface area contributed by atoms with Gasteiger partial charge in [-0.3, -0.25) is 9.59 Å². The minimum absolute atomic E-state index is 0.0938. The summed E-state index contributed by atoms with van der Waals surface area (Å²) in [5.74, 6) is -0.587. The van der Waals surface area contributed by atoms with Crippen molar-refractivity contribution in [1.29, 1.82) is 0 Å². The van der Waals surface area contributed by atoms with Gasteiger partial charge in [-0.25, -0.2) is 9.78 Å². The van der Waals surface area contributed by atoms with E-state index in [1.165, 1.54) is 18.4 Å². The summed E-state index contributed by atoms with van der Waals surface area (Å²) >= 11 is 2.62. The van der Waals surface area contributed by atoms with Gasteiger partial charge < -0.3 is 15.0 Å². The number of methoxy groups -OCH3 is 1. The lowest BCUT2D eigenvalue weighted by Gasteiger charge is -2.06. The fraction of sp³-hybridized carbons (Fsp3) is 0.222. The molecule has 1 amide bonds. The summed E-state index contributed by atoms with van der Waals surface area (Å²) in [6.07, 6.45) is 0. The smallest absolute Gasteiger partial charge is 0.337 e. The van der Waals surface area contributed by atoms with Gasteiger partial charge in [0.15, 0.2) is 5.16 Å². The summed E-state index contributed by atoms with van der Waals surface area (Å²) in [5.41, 5.74) is 1.72. The Morgan fingerprint density at radius 3 is 2.63 bits per heavy atom. The van der Waals surface area contributed by atoms with Crippen LogP contribution in [0.2, 0.25) is 0 Å². The number of fused-ring (bicyclic) bond motifs is 1. The third-order valence-electron chi connectivity index (χ3n) is 3.95. The van der Waals surface area contributed by atoms with E-state index in [4.69, 9.17) is 0 Å². The van der Waals surface area contributed by atoms with E-state index in [1.807, 2.05) is 13.8 Å². The third-order valence-corrected chi connectivity index (χ3v) is 5.92. The second kappa shape index (κ2) is 7.93. The van der Waals surface area contributed by atoms with E-state index in [9.17, 15) is 14.4 Å². The van der Waals surface area contributed by atoms with Crippen molar-refractivity contribution in [2.75, 3.05) is 18.2 Å². The lowest BCUT2D eigenvalue weighted by Crippen LogP contribution is -2.15. The van der Waals surface area contributed by atoms with Crippen LogP contribution < -0.4 is 10.9 Å². The Kier molecular flexibility index (Phi) is 5.62. The first-order valence-electron chi connectivity index (χ1n) is 8.00. The van der Waals surface area contributed by atoms with Crippen LogP contribution in [0.1, 0.15) is 20.8 Å². The molecule has 0 bridgehead atoms. The van der Waals surface area contributed by atoms with E-state index >= 15 is 0 Å². The van der Waals surface area contributed by atoms with Gasteiger partial charge in [-0.15, -0.1) is 11.3 Å². The fourth-order valence-electron chi connectivity index (χ4n) is 2.44. The average Bonchev–Trinajstić information content (AvgIpc) is 2.94. The van der Waals surface area contributed by atoms with Crippen LogP contribution in [0.25, 0.3) is 10.2 Å². The molecule has 27 heavy (non-hydrogen) atoms. The first-order chi connectivity index (χ1) is 12.9. The highest BCUT2D eigenvalue weighted by molar-refractivity contribution is 7.99. The van der Waals surface area contributed by atoms with Crippen LogP contribution in [0.5, 0.6) is 0 Å². The quantitative estimate of drug-likeness (QED) is 0.386. The van der Waals surface area contributed by atoms with Crippen molar-refractivity contribution in [2.45, 2.75) is 19.0 Å². The van der Waals surface area contributed by atoms with Gasteiger partial charge in [0, 0.05) is 10.6 Å². The Bertz CT molecular complexity index is 1070. The first kappa shape index (κ1) is 19.1. The molecule has 1 aromatic carbocycles. The molecule has 3 aromatic rings. The number of H-pyrrole nitrogens is 1. The largest absolute Gasteiger partial charge is 0.465 e. The maximum atomic E-state index is 12.2. The zero-order valence-electron chi connectivity index (χ0n) is 14.9. The molecule has 0 fully saturated rings. The van der Waals surface area contributed by atoms with Crippen LogP contribution in [-0.2, 0) is 9.53 Å². The standard InChI is InChI=1S/C18H17N3O4S2/c1-9-10(2)27-16-14(9)15(23)20-18(21-16)26-8-13(22)19-12-6-4-11(5-7-12)17(24)25-3/h4-7H,8H2,1-3H3,(H,19,22)(H,20,21,23). The molecule has 2 heterocycles. The highest BCUT2D eigenvalue weighted by atomic mass is 32.2. The van der Waals surface area contributed by atoms with Gasteiger partial charge in [0.25, 0.3) is 5.56 Å².